The van der Waals surface area contributed by atoms with Gasteiger partial charge in [-0.3, -0.25) is 0 Å². The fourth-order valence-electron chi connectivity index (χ4n) is 2.11. The number of pyridine rings is 1. The van der Waals surface area contributed by atoms with Crippen molar-refractivity contribution in [3.05, 3.63) is 51.6 Å². The summed E-state index contributed by atoms with van der Waals surface area (Å²) in [7, 11) is 1.38. The number of methoxy groups -OCH3 is 1. The van der Waals surface area contributed by atoms with E-state index in [9.17, 15) is 4.79 Å². The second-order valence-electron chi connectivity index (χ2n) is 4.19. The molecule has 3 nitrogen and oxygen atoms in total. The Hall–Kier alpha value is -1.69. The van der Waals surface area contributed by atoms with Crippen LogP contribution in [0.4, 0.5) is 0 Å². The molecule has 0 aliphatic heterocycles. The minimum Gasteiger partial charge on any atom is -0.465 e. The van der Waals surface area contributed by atoms with Crippen LogP contribution < -0.4 is 0 Å². The molecule has 0 bridgehead atoms. The van der Waals surface area contributed by atoms with Crippen molar-refractivity contribution in [3.8, 4) is 0 Å². The first-order valence-corrected chi connectivity index (χ1v) is 6.84. The average molecular weight is 363 g/mol. The topological polar surface area (TPSA) is 39.2 Å². The normalized spacial score (nSPS) is 10.8. The van der Waals surface area contributed by atoms with Gasteiger partial charge in [-0.2, -0.15) is 0 Å². The number of fused-ring (bicyclic) bond motifs is 2. The Bertz CT molecular complexity index is 799. The maximum atomic E-state index is 11.8. The van der Waals surface area contributed by atoms with Gasteiger partial charge >= 0.3 is 5.97 Å². The number of nitrogens with zero attached hydrogens (tertiary/aromatic N) is 1. The standard InChI is InChI=1S/C15H10INO2/c1-19-15(18)12-4-2-3-9-7-10-8-11(16)5-6-13(10)17-14(9)12/h2-8H,1H3. The SMILES string of the molecule is COC(=O)c1cccc2cc3cc(I)ccc3nc12. The molecule has 4 heteroatoms. The zero-order chi connectivity index (χ0) is 13.4. The second kappa shape index (κ2) is 4.77. The molecule has 1 heterocycles. The van der Waals surface area contributed by atoms with Gasteiger partial charge in [0.1, 0.15) is 0 Å². The monoisotopic (exact) mass is 363 g/mol. The Balaban J connectivity index is 2.38. The number of aromatic nitrogens is 1. The number of halogens is 1. The summed E-state index contributed by atoms with van der Waals surface area (Å²) in [5.41, 5.74) is 2.06. The Labute approximate surface area is 123 Å². The van der Waals surface area contributed by atoms with Gasteiger partial charge in [-0.05, 0) is 52.9 Å². The molecule has 0 N–H and O–H groups in total. The van der Waals surface area contributed by atoms with Crippen molar-refractivity contribution < 1.29 is 9.53 Å². The van der Waals surface area contributed by atoms with Crippen LogP contribution in [0.2, 0.25) is 0 Å². The zero-order valence-corrected chi connectivity index (χ0v) is 12.3. The Morgan fingerprint density at radius 3 is 2.79 bits per heavy atom. The van der Waals surface area contributed by atoms with Gasteiger partial charge in [-0.15, -0.1) is 0 Å². The molecule has 0 atom stereocenters. The van der Waals surface area contributed by atoms with Crippen molar-refractivity contribution in [2.45, 2.75) is 0 Å². The molecule has 3 aromatic rings. The first-order chi connectivity index (χ1) is 9.19. The Kier molecular flexibility index (Phi) is 3.10. The van der Waals surface area contributed by atoms with Crippen molar-refractivity contribution in [1.29, 1.82) is 0 Å². The van der Waals surface area contributed by atoms with E-state index < -0.39 is 0 Å². The number of hydrogen-bond donors (Lipinski definition) is 0. The van der Waals surface area contributed by atoms with Crippen molar-refractivity contribution >= 4 is 50.4 Å². The van der Waals surface area contributed by atoms with E-state index >= 15 is 0 Å². The third kappa shape index (κ3) is 2.16. The van der Waals surface area contributed by atoms with Crippen LogP contribution in [0.3, 0.4) is 0 Å². The molecule has 0 amide bonds. The van der Waals surface area contributed by atoms with Gasteiger partial charge in [0, 0.05) is 14.3 Å². The molecule has 0 unspecified atom stereocenters. The Morgan fingerprint density at radius 2 is 2.00 bits per heavy atom. The lowest BCUT2D eigenvalue weighted by Gasteiger charge is -2.06. The number of rotatable bonds is 1. The molecule has 0 aliphatic carbocycles. The summed E-state index contributed by atoms with van der Waals surface area (Å²) < 4.78 is 5.96. The van der Waals surface area contributed by atoms with Gasteiger partial charge in [0.15, 0.2) is 0 Å². The molecule has 3 rings (SSSR count). The van der Waals surface area contributed by atoms with Crippen molar-refractivity contribution in [2.75, 3.05) is 7.11 Å². The van der Waals surface area contributed by atoms with Crippen LogP contribution in [-0.2, 0) is 4.74 Å². The number of ether oxygens (including phenoxy) is 1. The van der Waals surface area contributed by atoms with E-state index in [1.54, 1.807) is 6.07 Å². The van der Waals surface area contributed by atoms with E-state index in [1.165, 1.54) is 7.11 Å². The first-order valence-electron chi connectivity index (χ1n) is 5.76. The van der Waals surface area contributed by atoms with Crippen molar-refractivity contribution in [1.82, 2.24) is 4.98 Å². The minimum absolute atomic E-state index is 0.358. The smallest absolute Gasteiger partial charge is 0.340 e. The van der Waals surface area contributed by atoms with Gasteiger partial charge in [0.2, 0.25) is 0 Å². The quantitative estimate of drug-likeness (QED) is 0.375. The zero-order valence-electron chi connectivity index (χ0n) is 10.2. The highest BCUT2D eigenvalue weighted by molar-refractivity contribution is 14.1. The number of hydrogen-bond acceptors (Lipinski definition) is 3. The van der Waals surface area contributed by atoms with Crippen LogP contribution >= 0.6 is 22.6 Å². The molecule has 0 radical (unpaired) electrons. The van der Waals surface area contributed by atoms with Crippen LogP contribution in [0, 0.1) is 3.57 Å². The van der Waals surface area contributed by atoms with Gasteiger partial charge in [0.05, 0.1) is 23.7 Å². The van der Waals surface area contributed by atoms with Gasteiger partial charge in [-0.1, -0.05) is 12.1 Å². The largest absolute Gasteiger partial charge is 0.465 e. The third-order valence-corrected chi connectivity index (χ3v) is 3.68. The van der Waals surface area contributed by atoms with E-state index in [-0.39, 0.29) is 5.97 Å². The summed E-state index contributed by atoms with van der Waals surface area (Å²) in [5.74, 6) is -0.358. The second-order valence-corrected chi connectivity index (χ2v) is 5.44. The van der Waals surface area contributed by atoms with Crippen LogP contribution in [-0.4, -0.2) is 18.1 Å². The number of benzene rings is 2. The third-order valence-electron chi connectivity index (χ3n) is 3.01. The molecule has 0 saturated carbocycles. The highest BCUT2D eigenvalue weighted by Crippen LogP contribution is 2.24. The highest BCUT2D eigenvalue weighted by atomic mass is 127. The lowest BCUT2D eigenvalue weighted by molar-refractivity contribution is 0.0603. The molecule has 0 saturated heterocycles. The van der Waals surface area contributed by atoms with Crippen LogP contribution in [0.25, 0.3) is 21.8 Å². The predicted octanol–water partition coefficient (Wildman–Crippen LogP) is 3.78. The summed E-state index contributed by atoms with van der Waals surface area (Å²) in [4.78, 5) is 16.3. The summed E-state index contributed by atoms with van der Waals surface area (Å²) in [6.07, 6.45) is 0. The number of carbonyl (C=O) groups is 1. The van der Waals surface area contributed by atoms with E-state index in [4.69, 9.17) is 4.74 Å². The molecule has 0 spiro atoms. The summed E-state index contributed by atoms with van der Waals surface area (Å²) in [6.45, 7) is 0. The van der Waals surface area contributed by atoms with E-state index in [0.717, 1.165) is 19.9 Å². The van der Waals surface area contributed by atoms with Crippen LogP contribution in [0.15, 0.2) is 42.5 Å². The van der Waals surface area contributed by atoms with Gasteiger partial charge in [-0.25, -0.2) is 9.78 Å². The molecular formula is C15H10INO2. The van der Waals surface area contributed by atoms with E-state index in [2.05, 4.69) is 33.6 Å². The maximum Gasteiger partial charge on any atom is 0.340 e. The van der Waals surface area contributed by atoms with Crippen LogP contribution in [0.5, 0.6) is 0 Å². The number of carbonyl (C=O) groups excluding carboxylic acids is 1. The van der Waals surface area contributed by atoms with E-state index in [1.807, 2.05) is 30.3 Å². The van der Waals surface area contributed by atoms with E-state index in [0.29, 0.717) is 11.1 Å². The maximum absolute atomic E-state index is 11.8. The van der Waals surface area contributed by atoms with Gasteiger partial charge < -0.3 is 4.74 Å². The minimum atomic E-state index is -0.358. The summed E-state index contributed by atoms with van der Waals surface area (Å²) in [6, 6.07) is 13.6. The lowest BCUT2D eigenvalue weighted by Crippen LogP contribution is -2.02. The summed E-state index contributed by atoms with van der Waals surface area (Å²) in [5, 5.41) is 2.01. The number of esters is 1. The first kappa shape index (κ1) is 12.3. The fourth-order valence-corrected chi connectivity index (χ4v) is 2.62. The molecule has 2 aromatic carbocycles. The predicted molar refractivity (Wildman–Crippen MR) is 83.3 cm³/mol. The molecule has 0 aliphatic rings. The van der Waals surface area contributed by atoms with Crippen LogP contribution in [0.1, 0.15) is 10.4 Å². The lowest BCUT2D eigenvalue weighted by atomic mass is 10.1. The molecule has 94 valence electrons. The Morgan fingerprint density at radius 1 is 1.16 bits per heavy atom. The number of para-hydroxylation sites is 1. The molecular weight excluding hydrogens is 353 g/mol. The summed E-state index contributed by atoms with van der Waals surface area (Å²) >= 11 is 2.27. The highest BCUT2D eigenvalue weighted by Gasteiger charge is 2.11. The fraction of sp³-hybridized carbons (Fsp3) is 0.0667. The molecule has 0 fully saturated rings. The van der Waals surface area contributed by atoms with Crippen molar-refractivity contribution in [2.24, 2.45) is 0 Å². The van der Waals surface area contributed by atoms with Crippen molar-refractivity contribution in [3.63, 3.8) is 0 Å². The van der Waals surface area contributed by atoms with Gasteiger partial charge in [0.25, 0.3) is 0 Å². The molecule has 1 aromatic heterocycles. The molecule has 19 heavy (non-hydrogen) atoms. The average Bonchev–Trinajstić information content (AvgIpc) is 2.43.